The Kier molecular flexibility index (Phi) is 4.19. The molecular weight excluding hydrogens is 210 g/mol. The largest absolute Gasteiger partial charge is 0.393 e. The van der Waals surface area contributed by atoms with Crippen LogP contribution >= 0.6 is 0 Å². The third-order valence-electron chi connectivity index (χ3n) is 3.56. The van der Waals surface area contributed by atoms with Crippen molar-refractivity contribution in [1.82, 2.24) is 5.32 Å². The highest BCUT2D eigenvalue weighted by Gasteiger charge is 2.19. The fourth-order valence-corrected chi connectivity index (χ4v) is 2.82. The summed E-state index contributed by atoms with van der Waals surface area (Å²) in [5.74, 6) is 0. The summed E-state index contributed by atoms with van der Waals surface area (Å²) in [6.45, 7) is 4.02. The molecule has 94 valence electrons. The van der Waals surface area contributed by atoms with Crippen molar-refractivity contribution in [3.05, 3.63) is 35.4 Å². The standard InChI is InChI=1S/C15H23NO/c1-11(9-12(2)17)16-15-8-7-13-5-3-4-6-14(13)10-15/h3-6,11-12,15-17H,7-10H2,1-2H3. The lowest BCUT2D eigenvalue weighted by Gasteiger charge is -2.28. The molecule has 0 aliphatic heterocycles. The predicted octanol–water partition coefficient (Wildman–Crippen LogP) is 2.29. The molecule has 0 saturated carbocycles. The number of aliphatic hydroxyl groups is 1. The van der Waals surface area contributed by atoms with Crippen LogP contribution < -0.4 is 5.32 Å². The van der Waals surface area contributed by atoms with Crippen LogP contribution in [0.3, 0.4) is 0 Å². The molecule has 1 aromatic carbocycles. The molecule has 0 radical (unpaired) electrons. The highest BCUT2D eigenvalue weighted by molar-refractivity contribution is 5.30. The summed E-state index contributed by atoms with van der Waals surface area (Å²) in [7, 11) is 0. The first kappa shape index (κ1) is 12.6. The van der Waals surface area contributed by atoms with E-state index in [-0.39, 0.29) is 6.10 Å². The van der Waals surface area contributed by atoms with Crippen LogP contribution in [0.4, 0.5) is 0 Å². The van der Waals surface area contributed by atoms with E-state index < -0.39 is 0 Å². The summed E-state index contributed by atoms with van der Waals surface area (Å²) in [5.41, 5.74) is 2.99. The van der Waals surface area contributed by atoms with Gasteiger partial charge in [0, 0.05) is 12.1 Å². The van der Waals surface area contributed by atoms with Gasteiger partial charge in [-0.25, -0.2) is 0 Å². The van der Waals surface area contributed by atoms with Gasteiger partial charge in [0.2, 0.25) is 0 Å². The second kappa shape index (κ2) is 5.65. The summed E-state index contributed by atoms with van der Waals surface area (Å²) in [5, 5.41) is 13.0. The van der Waals surface area contributed by atoms with Crippen LogP contribution in [0.2, 0.25) is 0 Å². The van der Waals surface area contributed by atoms with E-state index in [1.165, 1.54) is 24.0 Å². The quantitative estimate of drug-likeness (QED) is 0.836. The number of benzene rings is 1. The predicted molar refractivity (Wildman–Crippen MR) is 71.2 cm³/mol. The Balaban J connectivity index is 1.90. The topological polar surface area (TPSA) is 32.3 Å². The zero-order valence-corrected chi connectivity index (χ0v) is 10.8. The molecule has 0 aromatic heterocycles. The van der Waals surface area contributed by atoms with E-state index in [1.807, 2.05) is 6.92 Å². The molecule has 2 nitrogen and oxygen atoms in total. The van der Waals surface area contributed by atoms with Crippen molar-refractivity contribution in [2.24, 2.45) is 0 Å². The molecule has 0 heterocycles. The van der Waals surface area contributed by atoms with Gasteiger partial charge in [-0.1, -0.05) is 24.3 Å². The van der Waals surface area contributed by atoms with Crippen LogP contribution in [0.25, 0.3) is 0 Å². The van der Waals surface area contributed by atoms with Crippen LogP contribution in [0, 0.1) is 0 Å². The van der Waals surface area contributed by atoms with Gasteiger partial charge in [0.25, 0.3) is 0 Å². The van der Waals surface area contributed by atoms with Gasteiger partial charge in [0.05, 0.1) is 6.10 Å². The number of aliphatic hydroxyl groups excluding tert-OH is 1. The Hall–Kier alpha value is -0.860. The van der Waals surface area contributed by atoms with Crippen molar-refractivity contribution in [3.8, 4) is 0 Å². The van der Waals surface area contributed by atoms with Crippen LogP contribution in [0.1, 0.15) is 37.8 Å². The molecule has 1 aliphatic rings. The monoisotopic (exact) mass is 233 g/mol. The summed E-state index contributed by atoms with van der Waals surface area (Å²) in [6, 6.07) is 9.69. The van der Waals surface area contributed by atoms with Crippen molar-refractivity contribution >= 4 is 0 Å². The molecule has 2 heteroatoms. The third kappa shape index (κ3) is 3.55. The second-order valence-corrected chi connectivity index (χ2v) is 5.36. The Morgan fingerprint density at radius 3 is 2.71 bits per heavy atom. The molecule has 0 saturated heterocycles. The zero-order valence-electron chi connectivity index (χ0n) is 10.8. The van der Waals surface area contributed by atoms with E-state index in [9.17, 15) is 5.11 Å². The van der Waals surface area contributed by atoms with Crippen LogP contribution in [-0.2, 0) is 12.8 Å². The SMILES string of the molecule is CC(O)CC(C)NC1CCc2ccccc2C1. The normalized spacial score (nSPS) is 22.9. The number of hydrogen-bond acceptors (Lipinski definition) is 2. The van der Waals surface area contributed by atoms with E-state index in [0.29, 0.717) is 12.1 Å². The maximum Gasteiger partial charge on any atom is 0.0526 e. The van der Waals surface area contributed by atoms with Crippen molar-refractivity contribution < 1.29 is 5.11 Å². The number of rotatable bonds is 4. The van der Waals surface area contributed by atoms with Crippen molar-refractivity contribution in [1.29, 1.82) is 0 Å². The lowest BCUT2D eigenvalue weighted by molar-refractivity contribution is 0.167. The summed E-state index contributed by atoms with van der Waals surface area (Å²) < 4.78 is 0. The molecule has 0 amide bonds. The van der Waals surface area contributed by atoms with E-state index >= 15 is 0 Å². The highest BCUT2D eigenvalue weighted by Crippen LogP contribution is 2.21. The number of hydrogen-bond donors (Lipinski definition) is 2. The van der Waals surface area contributed by atoms with Crippen molar-refractivity contribution in [3.63, 3.8) is 0 Å². The summed E-state index contributed by atoms with van der Waals surface area (Å²) in [4.78, 5) is 0. The maximum atomic E-state index is 9.37. The first-order valence-corrected chi connectivity index (χ1v) is 6.66. The Morgan fingerprint density at radius 1 is 1.29 bits per heavy atom. The minimum atomic E-state index is -0.214. The highest BCUT2D eigenvalue weighted by atomic mass is 16.3. The van der Waals surface area contributed by atoms with Gasteiger partial charge < -0.3 is 10.4 Å². The maximum absolute atomic E-state index is 9.37. The molecule has 17 heavy (non-hydrogen) atoms. The molecule has 1 aliphatic carbocycles. The smallest absolute Gasteiger partial charge is 0.0526 e. The molecule has 2 rings (SSSR count). The molecular formula is C15H23NO. The molecule has 1 aromatic rings. The van der Waals surface area contributed by atoms with Gasteiger partial charge in [-0.05, 0) is 50.7 Å². The molecule has 2 N–H and O–H groups in total. The third-order valence-corrected chi connectivity index (χ3v) is 3.56. The van der Waals surface area contributed by atoms with Crippen molar-refractivity contribution in [2.75, 3.05) is 0 Å². The van der Waals surface area contributed by atoms with Gasteiger partial charge in [-0.15, -0.1) is 0 Å². The van der Waals surface area contributed by atoms with E-state index in [0.717, 1.165) is 12.8 Å². The Morgan fingerprint density at radius 2 is 2.00 bits per heavy atom. The fraction of sp³-hybridized carbons (Fsp3) is 0.600. The van der Waals surface area contributed by atoms with Gasteiger partial charge in [0.15, 0.2) is 0 Å². The molecule has 3 unspecified atom stereocenters. The first-order valence-electron chi connectivity index (χ1n) is 6.66. The molecule has 0 spiro atoms. The lowest BCUT2D eigenvalue weighted by Crippen LogP contribution is -2.41. The second-order valence-electron chi connectivity index (χ2n) is 5.36. The average molecular weight is 233 g/mol. The molecule has 0 bridgehead atoms. The van der Waals surface area contributed by atoms with Gasteiger partial charge in [0.1, 0.15) is 0 Å². The summed E-state index contributed by atoms with van der Waals surface area (Å²) >= 11 is 0. The zero-order chi connectivity index (χ0) is 12.3. The van der Waals surface area contributed by atoms with E-state index in [2.05, 4.69) is 36.5 Å². The minimum absolute atomic E-state index is 0.214. The average Bonchev–Trinajstić information content (AvgIpc) is 2.27. The van der Waals surface area contributed by atoms with E-state index in [4.69, 9.17) is 0 Å². The minimum Gasteiger partial charge on any atom is -0.393 e. The van der Waals surface area contributed by atoms with Crippen LogP contribution in [0.5, 0.6) is 0 Å². The first-order chi connectivity index (χ1) is 8.15. The molecule has 3 atom stereocenters. The number of fused-ring (bicyclic) bond motifs is 1. The summed E-state index contributed by atoms with van der Waals surface area (Å²) in [6.07, 6.45) is 4.13. The number of aryl methyl sites for hydroxylation is 1. The fourth-order valence-electron chi connectivity index (χ4n) is 2.82. The van der Waals surface area contributed by atoms with E-state index in [1.54, 1.807) is 0 Å². The Labute approximate surface area is 104 Å². The van der Waals surface area contributed by atoms with Crippen molar-refractivity contribution in [2.45, 2.75) is 57.7 Å². The van der Waals surface area contributed by atoms with Gasteiger partial charge in [-0.2, -0.15) is 0 Å². The molecule has 0 fully saturated rings. The van der Waals surface area contributed by atoms with Gasteiger partial charge >= 0.3 is 0 Å². The number of nitrogens with one attached hydrogen (secondary N) is 1. The lowest BCUT2D eigenvalue weighted by atomic mass is 9.88. The Bertz CT molecular complexity index is 362. The van der Waals surface area contributed by atoms with Crippen LogP contribution in [0.15, 0.2) is 24.3 Å². The van der Waals surface area contributed by atoms with Crippen LogP contribution in [-0.4, -0.2) is 23.3 Å². The van der Waals surface area contributed by atoms with Gasteiger partial charge in [-0.3, -0.25) is 0 Å².